The van der Waals surface area contributed by atoms with Crippen molar-refractivity contribution in [1.82, 2.24) is 19.9 Å². The summed E-state index contributed by atoms with van der Waals surface area (Å²) in [7, 11) is 0. The van der Waals surface area contributed by atoms with Gasteiger partial charge in [-0.2, -0.15) is 13.2 Å². The van der Waals surface area contributed by atoms with Gasteiger partial charge in [0.05, 0.1) is 10.8 Å². The highest BCUT2D eigenvalue weighted by Gasteiger charge is 2.40. The third-order valence-corrected chi connectivity index (χ3v) is 8.22. The average Bonchev–Trinajstić information content (AvgIpc) is 3.51. The van der Waals surface area contributed by atoms with Crippen LogP contribution in [0, 0.1) is 11.8 Å². The summed E-state index contributed by atoms with van der Waals surface area (Å²) in [5.41, 5.74) is -0.0440. The number of aliphatic carboxylic acids is 1. The van der Waals surface area contributed by atoms with Crippen LogP contribution in [0.4, 0.5) is 24.8 Å². The number of rotatable bonds is 6. The third kappa shape index (κ3) is 5.03. The van der Waals surface area contributed by atoms with E-state index in [1.54, 1.807) is 25.3 Å². The normalized spacial score (nSPS) is 20.0. The lowest BCUT2D eigenvalue weighted by molar-refractivity contribution is -0.144. The van der Waals surface area contributed by atoms with E-state index in [2.05, 4.69) is 25.3 Å². The number of aromatic nitrogens is 4. The summed E-state index contributed by atoms with van der Waals surface area (Å²) >= 11 is 1.38. The molecular weight excluding hydrogens is 507 g/mol. The van der Waals surface area contributed by atoms with Gasteiger partial charge in [0, 0.05) is 40.7 Å². The van der Waals surface area contributed by atoms with Gasteiger partial charge in [0.2, 0.25) is 5.95 Å². The molecule has 0 saturated heterocycles. The number of anilines is 2. The molecule has 8 nitrogen and oxygen atoms in total. The molecule has 1 aliphatic rings. The number of nitrogens with zero attached hydrogens (tertiary/aromatic N) is 3. The van der Waals surface area contributed by atoms with Gasteiger partial charge >= 0.3 is 12.1 Å². The van der Waals surface area contributed by atoms with Gasteiger partial charge in [-0.3, -0.25) is 4.79 Å². The Bertz CT molecular complexity index is 1440. The number of aromatic amines is 1. The lowest BCUT2D eigenvalue weighted by Gasteiger charge is -2.35. The van der Waals surface area contributed by atoms with Crippen molar-refractivity contribution in [3.63, 3.8) is 0 Å². The molecule has 0 spiro atoms. The molecule has 5 rings (SSSR count). The first kappa shape index (κ1) is 25.2. The summed E-state index contributed by atoms with van der Waals surface area (Å²) in [6, 6.07) is 6.12. The molecule has 0 aliphatic heterocycles. The van der Waals surface area contributed by atoms with Crippen LogP contribution in [-0.4, -0.2) is 36.1 Å². The minimum Gasteiger partial charge on any atom is -0.481 e. The number of carbonyl (C=O) groups is 1. The Morgan fingerprint density at radius 2 is 1.92 bits per heavy atom. The zero-order chi connectivity index (χ0) is 26.4. The Balaban J connectivity index is 1.34. The number of fused-ring (bicyclic) bond motifs is 1. The molecule has 3 aromatic heterocycles. The van der Waals surface area contributed by atoms with Crippen LogP contribution in [0.1, 0.15) is 43.3 Å². The molecule has 4 N–H and O–H groups in total. The van der Waals surface area contributed by atoms with Gasteiger partial charge in [-0.25, -0.2) is 15.0 Å². The summed E-state index contributed by atoms with van der Waals surface area (Å²) < 4.78 is 38.8. The fourth-order valence-electron chi connectivity index (χ4n) is 4.82. The van der Waals surface area contributed by atoms with Crippen molar-refractivity contribution < 1.29 is 28.2 Å². The Labute approximate surface area is 213 Å². The smallest absolute Gasteiger partial charge is 0.433 e. The highest BCUT2D eigenvalue weighted by Crippen LogP contribution is 2.44. The Kier molecular flexibility index (Phi) is 6.40. The van der Waals surface area contributed by atoms with Gasteiger partial charge in [0.1, 0.15) is 16.3 Å². The summed E-state index contributed by atoms with van der Waals surface area (Å²) in [4.78, 5) is 27.2. The lowest BCUT2D eigenvalue weighted by Crippen LogP contribution is -2.35. The Morgan fingerprint density at radius 3 is 2.62 bits per heavy atom. The number of halogens is 3. The molecule has 4 aromatic rings. The highest BCUT2D eigenvalue weighted by atomic mass is 32.1. The zero-order valence-electron chi connectivity index (χ0n) is 19.7. The first-order valence-corrected chi connectivity index (χ1v) is 12.5. The van der Waals surface area contributed by atoms with Gasteiger partial charge in [-0.15, -0.1) is 11.3 Å². The topological polar surface area (TPSA) is 124 Å². The SMILES string of the molecule is C[C@@](O)(c1ncc(-c2c[nH]c3cc(Nc4nccc(C(F)(F)F)n4)ccc23)s1)C1CCC(C(=O)O)CC1. The van der Waals surface area contributed by atoms with E-state index in [9.17, 15) is 28.2 Å². The number of hydrogen-bond acceptors (Lipinski definition) is 7. The molecular formula is C25H24F3N5O3S. The molecule has 12 heteroatoms. The molecule has 1 atom stereocenters. The van der Waals surface area contributed by atoms with Crippen molar-refractivity contribution >= 4 is 39.8 Å². The maximum atomic E-state index is 12.9. The quantitative estimate of drug-likeness (QED) is 0.243. The molecule has 0 radical (unpaired) electrons. The second-order valence-electron chi connectivity index (χ2n) is 9.41. The number of aliphatic hydroxyl groups is 1. The van der Waals surface area contributed by atoms with Crippen LogP contribution < -0.4 is 5.32 Å². The van der Waals surface area contributed by atoms with Crippen LogP contribution in [-0.2, 0) is 16.6 Å². The predicted octanol–water partition coefficient (Wildman–Crippen LogP) is 5.94. The minimum absolute atomic E-state index is 0.0724. The molecule has 0 bridgehead atoms. The molecule has 194 valence electrons. The number of carboxylic acid groups (broad SMARTS) is 1. The third-order valence-electron chi connectivity index (χ3n) is 6.96. The van der Waals surface area contributed by atoms with E-state index in [-0.39, 0.29) is 17.8 Å². The van der Waals surface area contributed by atoms with Crippen LogP contribution in [0.15, 0.2) is 42.9 Å². The standard InChI is InChI=1S/C25H24F3N5O3S/c1-24(36,14-4-2-13(3-5-14)21(34)35)22-31-12-19(37-22)17-11-30-18-10-15(6-7-16(17)18)32-23-29-9-8-20(33-23)25(26,27)28/h6-14,30,36H,2-5H2,1H3,(H,34,35)(H,29,32,33)/t13?,14?,24-/m0/s1. The largest absolute Gasteiger partial charge is 0.481 e. The maximum Gasteiger partial charge on any atom is 0.433 e. The van der Waals surface area contributed by atoms with Crippen LogP contribution in [0.5, 0.6) is 0 Å². The van der Waals surface area contributed by atoms with Crippen molar-refractivity contribution in [2.24, 2.45) is 11.8 Å². The van der Waals surface area contributed by atoms with E-state index in [0.29, 0.717) is 36.4 Å². The predicted molar refractivity (Wildman–Crippen MR) is 132 cm³/mol. The van der Waals surface area contributed by atoms with Crippen molar-refractivity contribution in [2.45, 2.75) is 44.4 Å². The summed E-state index contributed by atoms with van der Waals surface area (Å²) in [6.45, 7) is 1.74. The van der Waals surface area contributed by atoms with Gasteiger partial charge in [-0.1, -0.05) is 6.07 Å². The van der Waals surface area contributed by atoms with Crippen LogP contribution in [0.2, 0.25) is 0 Å². The Morgan fingerprint density at radius 1 is 1.16 bits per heavy atom. The minimum atomic E-state index is -4.56. The van der Waals surface area contributed by atoms with Crippen LogP contribution in [0.3, 0.4) is 0 Å². The lowest BCUT2D eigenvalue weighted by atomic mass is 9.74. The first-order chi connectivity index (χ1) is 17.5. The van der Waals surface area contributed by atoms with E-state index >= 15 is 0 Å². The molecule has 37 heavy (non-hydrogen) atoms. The van der Waals surface area contributed by atoms with E-state index in [1.807, 2.05) is 12.3 Å². The second kappa shape index (κ2) is 9.42. The molecule has 1 fully saturated rings. The maximum absolute atomic E-state index is 12.9. The number of benzene rings is 1. The number of carboxylic acids is 1. The fraction of sp³-hybridized carbons (Fsp3) is 0.360. The number of thiazole rings is 1. The number of hydrogen-bond donors (Lipinski definition) is 4. The van der Waals surface area contributed by atoms with Crippen molar-refractivity contribution in [2.75, 3.05) is 5.32 Å². The monoisotopic (exact) mass is 531 g/mol. The molecule has 0 amide bonds. The van der Waals surface area contributed by atoms with E-state index < -0.39 is 23.4 Å². The van der Waals surface area contributed by atoms with E-state index in [4.69, 9.17) is 0 Å². The molecule has 1 aliphatic carbocycles. The van der Waals surface area contributed by atoms with Crippen molar-refractivity contribution in [3.05, 3.63) is 53.6 Å². The summed E-state index contributed by atoms with van der Waals surface area (Å²) in [5.74, 6) is -1.37. The first-order valence-electron chi connectivity index (χ1n) is 11.7. The zero-order valence-corrected chi connectivity index (χ0v) is 20.5. The average molecular weight is 532 g/mol. The fourth-order valence-corrected chi connectivity index (χ4v) is 5.89. The number of H-pyrrole nitrogens is 1. The van der Waals surface area contributed by atoms with Crippen molar-refractivity contribution in [1.29, 1.82) is 0 Å². The molecule has 1 aromatic carbocycles. The Hall–Kier alpha value is -3.51. The molecule has 1 saturated carbocycles. The summed E-state index contributed by atoms with van der Waals surface area (Å²) in [6.07, 6.45) is 2.35. The molecule has 0 unspecified atom stereocenters. The number of nitrogens with one attached hydrogen (secondary N) is 2. The van der Waals surface area contributed by atoms with Crippen molar-refractivity contribution in [3.8, 4) is 10.4 Å². The van der Waals surface area contributed by atoms with Gasteiger partial charge in [0.15, 0.2) is 0 Å². The van der Waals surface area contributed by atoms with Gasteiger partial charge in [-0.05, 0) is 56.7 Å². The number of alkyl halides is 3. The van der Waals surface area contributed by atoms with Crippen LogP contribution >= 0.6 is 11.3 Å². The summed E-state index contributed by atoms with van der Waals surface area (Å²) in [5, 5.41) is 24.8. The second-order valence-corrected chi connectivity index (χ2v) is 10.4. The van der Waals surface area contributed by atoms with Gasteiger partial charge in [0.25, 0.3) is 0 Å². The van der Waals surface area contributed by atoms with E-state index in [0.717, 1.165) is 33.6 Å². The van der Waals surface area contributed by atoms with Gasteiger partial charge < -0.3 is 20.5 Å². The van der Waals surface area contributed by atoms with E-state index in [1.165, 1.54) is 11.3 Å². The van der Waals surface area contributed by atoms with Crippen LogP contribution in [0.25, 0.3) is 21.3 Å². The molecule has 3 heterocycles. The highest BCUT2D eigenvalue weighted by molar-refractivity contribution is 7.15.